The first-order valence-electron chi connectivity index (χ1n) is 12.1. The van der Waals surface area contributed by atoms with Crippen LogP contribution >= 0.6 is 0 Å². The van der Waals surface area contributed by atoms with Gasteiger partial charge in [-0.15, -0.1) is 0 Å². The van der Waals surface area contributed by atoms with Crippen LogP contribution in [0, 0.1) is 18.7 Å². The van der Waals surface area contributed by atoms with Crippen molar-refractivity contribution in [3.05, 3.63) is 63.8 Å². The number of fused-ring (bicyclic) bond motifs is 2. The Balaban J connectivity index is 1.18. The van der Waals surface area contributed by atoms with E-state index in [1.807, 2.05) is 19.1 Å². The number of carbonyl (C=O) groups is 1. The molecule has 5 rings (SSSR count). The Morgan fingerprint density at radius 2 is 2.00 bits per heavy atom. The van der Waals surface area contributed by atoms with Crippen molar-refractivity contribution < 1.29 is 13.9 Å². The van der Waals surface area contributed by atoms with Gasteiger partial charge in [0.25, 0.3) is 11.5 Å². The van der Waals surface area contributed by atoms with Crippen molar-refractivity contribution in [1.29, 1.82) is 0 Å². The highest BCUT2D eigenvalue weighted by molar-refractivity contribution is 5.94. The van der Waals surface area contributed by atoms with E-state index in [1.54, 1.807) is 16.7 Å². The van der Waals surface area contributed by atoms with Gasteiger partial charge in [0.2, 0.25) is 0 Å². The largest absolute Gasteiger partial charge is 0.480 e. The van der Waals surface area contributed by atoms with Crippen LogP contribution in [0.1, 0.15) is 36.9 Å². The molecule has 184 valence electrons. The zero-order chi connectivity index (χ0) is 24.5. The van der Waals surface area contributed by atoms with Crippen molar-refractivity contribution in [3.63, 3.8) is 0 Å². The molecule has 9 heteroatoms. The molecule has 3 heterocycles. The summed E-state index contributed by atoms with van der Waals surface area (Å²) < 4.78 is 20.9. The number of amides is 1. The lowest BCUT2D eigenvalue weighted by Gasteiger charge is -2.33. The Hall–Kier alpha value is -3.30. The molecular weight excluding hydrogens is 449 g/mol. The molecule has 0 unspecified atom stereocenters. The van der Waals surface area contributed by atoms with Gasteiger partial charge in [-0.2, -0.15) is 0 Å². The zero-order valence-corrected chi connectivity index (χ0v) is 19.7. The van der Waals surface area contributed by atoms with Gasteiger partial charge in [0.1, 0.15) is 5.82 Å². The van der Waals surface area contributed by atoms with Crippen molar-refractivity contribution in [2.45, 2.75) is 57.8 Å². The summed E-state index contributed by atoms with van der Waals surface area (Å²) in [5.41, 5.74) is 8.70. The van der Waals surface area contributed by atoms with Crippen LogP contribution in [0.15, 0.2) is 41.2 Å². The third kappa shape index (κ3) is 5.06. The summed E-state index contributed by atoms with van der Waals surface area (Å²) in [5, 5.41) is 7.16. The third-order valence-corrected chi connectivity index (χ3v) is 7.16. The van der Waals surface area contributed by atoms with E-state index < -0.39 is 0 Å². The third-order valence-electron chi connectivity index (χ3n) is 7.16. The fourth-order valence-electron chi connectivity index (χ4n) is 5.17. The van der Waals surface area contributed by atoms with E-state index in [4.69, 9.17) is 10.5 Å². The summed E-state index contributed by atoms with van der Waals surface area (Å²) in [6, 6.07) is 10.0. The molecule has 1 aliphatic carbocycles. The molecule has 8 nitrogen and oxygen atoms in total. The number of halogens is 1. The van der Waals surface area contributed by atoms with Crippen molar-refractivity contribution in [3.8, 4) is 5.75 Å². The normalized spacial score (nSPS) is 20.7. The molecule has 1 amide bonds. The minimum absolute atomic E-state index is 0.0172. The van der Waals surface area contributed by atoms with Crippen LogP contribution in [-0.2, 0) is 17.9 Å². The number of anilines is 1. The van der Waals surface area contributed by atoms with Gasteiger partial charge in [-0.3, -0.25) is 9.59 Å². The highest BCUT2D eigenvalue weighted by Gasteiger charge is 2.26. The first-order valence-corrected chi connectivity index (χ1v) is 12.1. The summed E-state index contributed by atoms with van der Waals surface area (Å²) in [6.45, 7) is 2.85. The molecule has 1 aromatic carbocycles. The fourth-order valence-corrected chi connectivity index (χ4v) is 5.17. The first kappa shape index (κ1) is 23.4. The molecule has 0 bridgehead atoms. The smallest absolute Gasteiger partial charge is 0.263 e. The monoisotopic (exact) mass is 479 g/mol. The topological polar surface area (TPSA) is 111 Å². The van der Waals surface area contributed by atoms with Gasteiger partial charge in [0.05, 0.1) is 11.2 Å². The van der Waals surface area contributed by atoms with Crippen LogP contribution in [0.3, 0.4) is 0 Å². The second-order valence-corrected chi connectivity index (χ2v) is 9.58. The van der Waals surface area contributed by atoms with Gasteiger partial charge >= 0.3 is 0 Å². The maximum absolute atomic E-state index is 13.9. The van der Waals surface area contributed by atoms with E-state index in [2.05, 4.69) is 15.6 Å². The summed E-state index contributed by atoms with van der Waals surface area (Å²) in [4.78, 5) is 28.7. The average Bonchev–Trinajstić information content (AvgIpc) is 2.85. The summed E-state index contributed by atoms with van der Waals surface area (Å²) in [6.07, 6.45) is 3.85. The number of nitrogens with zero attached hydrogens (tertiary/aromatic N) is 2. The van der Waals surface area contributed by atoms with E-state index >= 15 is 0 Å². The molecule has 2 aliphatic rings. The number of nitrogens with two attached hydrogens (primary N) is 1. The summed E-state index contributed by atoms with van der Waals surface area (Å²) in [5.74, 6) is 0.787. The molecule has 3 aromatic rings. The van der Waals surface area contributed by atoms with Crippen molar-refractivity contribution in [2.75, 3.05) is 11.9 Å². The SMILES string of the molecule is Cc1cc(=O)n(C[C@H](N)C2CCC(NCc3ccc4c(n3)NC(=O)CO4)CC2)c2cc(F)ccc12. The van der Waals surface area contributed by atoms with Crippen LogP contribution in [0.2, 0.25) is 0 Å². The second-order valence-electron chi connectivity index (χ2n) is 9.58. The van der Waals surface area contributed by atoms with Crippen molar-refractivity contribution in [1.82, 2.24) is 14.9 Å². The number of ether oxygens (including phenoxy) is 1. The standard InChI is InChI=1S/C26H30FN5O3/c1-15-10-25(34)32(22-11-17(27)4-8-20(15)22)13-21(28)16-2-5-18(6-3-16)29-12-19-7-9-23-26(30-19)31-24(33)14-35-23/h4,7-11,16,18,21,29H,2-3,5-6,12-14,28H2,1H3,(H,30,31,33)/t16?,18?,21-/m0/s1. The summed E-state index contributed by atoms with van der Waals surface area (Å²) >= 11 is 0. The maximum Gasteiger partial charge on any atom is 0.263 e. The Morgan fingerprint density at radius 3 is 2.80 bits per heavy atom. The van der Waals surface area contributed by atoms with Gasteiger partial charge < -0.3 is 25.7 Å². The van der Waals surface area contributed by atoms with Crippen LogP contribution in [0.5, 0.6) is 5.75 Å². The molecule has 4 N–H and O–H groups in total. The molecular formula is C26H30FN5O3. The molecule has 2 aromatic heterocycles. The molecule has 0 spiro atoms. The zero-order valence-electron chi connectivity index (χ0n) is 19.7. The van der Waals surface area contributed by atoms with Crippen molar-refractivity contribution >= 4 is 22.6 Å². The van der Waals surface area contributed by atoms with E-state index in [0.29, 0.717) is 42.1 Å². The molecule has 1 fully saturated rings. The molecule has 0 saturated heterocycles. The van der Waals surface area contributed by atoms with Gasteiger partial charge in [-0.25, -0.2) is 9.37 Å². The summed E-state index contributed by atoms with van der Waals surface area (Å²) in [7, 11) is 0. The number of benzene rings is 1. The second kappa shape index (κ2) is 9.75. The van der Waals surface area contributed by atoms with Gasteiger partial charge in [-0.1, -0.05) is 0 Å². The first-order chi connectivity index (χ1) is 16.9. The predicted octanol–water partition coefficient (Wildman–Crippen LogP) is 2.85. The highest BCUT2D eigenvalue weighted by atomic mass is 19.1. The van der Waals surface area contributed by atoms with Gasteiger partial charge in [-0.05, 0) is 74.4 Å². The number of carbonyl (C=O) groups excluding carboxylic acids is 1. The predicted molar refractivity (Wildman–Crippen MR) is 132 cm³/mol. The average molecular weight is 480 g/mol. The number of rotatable bonds is 6. The lowest BCUT2D eigenvalue weighted by atomic mass is 9.81. The lowest BCUT2D eigenvalue weighted by Crippen LogP contribution is -2.42. The molecule has 0 radical (unpaired) electrons. The number of hydrogen-bond acceptors (Lipinski definition) is 6. The number of aryl methyl sites for hydroxylation is 1. The number of aromatic nitrogens is 2. The fraction of sp³-hybridized carbons (Fsp3) is 0.423. The van der Waals surface area contributed by atoms with E-state index in [0.717, 1.165) is 42.3 Å². The van der Waals surface area contributed by atoms with Gasteiger partial charge in [0, 0.05) is 36.6 Å². The molecule has 1 saturated carbocycles. The van der Waals surface area contributed by atoms with Crippen LogP contribution in [0.25, 0.3) is 10.9 Å². The maximum atomic E-state index is 13.9. The lowest BCUT2D eigenvalue weighted by molar-refractivity contribution is -0.118. The minimum Gasteiger partial charge on any atom is -0.480 e. The Labute approximate surface area is 202 Å². The van der Waals surface area contributed by atoms with Gasteiger partial charge in [0.15, 0.2) is 18.2 Å². The molecule has 1 aliphatic heterocycles. The number of pyridine rings is 2. The quantitative estimate of drug-likeness (QED) is 0.501. The van der Waals surface area contributed by atoms with Crippen molar-refractivity contribution in [2.24, 2.45) is 11.7 Å². The molecule has 1 atom stereocenters. The molecule has 35 heavy (non-hydrogen) atoms. The highest BCUT2D eigenvalue weighted by Crippen LogP contribution is 2.29. The van der Waals surface area contributed by atoms with Crippen LogP contribution < -0.4 is 26.7 Å². The Kier molecular flexibility index (Phi) is 6.53. The van der Waals surface area contributed by atoms with E-state index in [1.165, 1.54) is 12.1 Å². The number of hydrogen-bond donors (Lipinski definition) is 3. The minimum atomic E-state index is -0.361. The Morgan fingerprint density at radius 1 is 1.20 bits per heavy atom. The van der Waals surface area contributed by atoms with Crippen LogP contribution in [-0.4, -0.2) is 34.1 Å². The number of nitrogens with one attached hydrogen (secondary N) is 2. The van der Waals surface area contributed by atoms with E-state index in [9.17, 15) is 14.0 Å². The van der Waals surface area contributed by atoms with E-state index in [-0.39, 0.29) is 29.9 Å². The Bertz CT molecular complexity index is 1320. The van der Waals surface area contributed by atoms with Crippen LogP contribution in [0.4, 0.5) is 10.2 Å².